The molecule has 0 aliphatic rings. The Morgan fingerprint density at radius 1 is 1.57 bits per heavy atom. The predicted molar refractivity (Wildman–Crippen MR) is 85.6 cm³/mol. The Morgan fingerprint density at radius 2 is 2.35 bits per heavy atom. The van der Waals surface area contributed by atoms with Gasteiger partial charge in [0.1, 0.15) is 12.3 Å². The van der Waals surface area contributed by atoms with Crippen molar-refractivity contribution < 1.29 is 13.5 Å². The molecule has 2 rings (SSSR count). The van der Waals surface area contributed by atoms with Crippen molar-refractivity contribution in [2.24, 2.45) is 5.11 Å². The molecule has 0 unspecified atom stereocenters. The minimum absolute atomic E-state index is 0.00223. The highest BCUT2D eigenvalue weighted by atomic mass is 35.5. The van der Waals surface area contributed by atoms with Crippen LogP contribution in [0.2, 0.25) is 5.02 Å². The molecule has 1 aromatic heterocycles. The number of nitrogens with one attached hydrogen (secondary N) is 2. The van der Waals surface area contributed by atoms with Gasteiger partial charge in [0, 0.05) is 33.5 Å². The van der Waals surface area contributed by atoms with Crippen LogP contribution in [-0.2, 0) is 0 Å². The van der Waals surface area contributed by atoms with Crippen LogP contribution in [0.25, 0.3) is 0 Å². The first-order chi connectivity index (χ1) is 11.0. The van der Waals surface area contributed by atoms with Crippen LogP contribution in [-0.4, -0.2) is 11.6 Å². The van der Waals surface area contributed by atoms with Crippen LogP contribution < -0.4 is 10.1 Å². The molecule has 0 saturated heterocycles. The van der Waals surface area contributed by atoms with Gasteiger partial charge < -0.3 is 10.1 Å². The molecule has 0 saturated carbocycles. The molecule has 2 N–H and O–H groups in total. The lowest BCUT2D eigenvalue weighted by atomic mass is 10.2. The van der Waals surface area contributed by atoms with E-state index in [1.165, 1.54) is 29.7 Å². The Bertz CT molecular complexity index is 721. The molecule has 5 nitrogen and oxygen atoms in total. The summed E-state index contributed by atoms with van der Waals surface area (Å²) in [6, 6.07) is 4.18. The number of aromatic nitrogens is 1. The molecule has 0 aliphatic carbocycles. The maximum absolute atomic E-state index is 12.8. The molecule has 0 bridgehead atoms. The van der Waals surface area contributed by atoms with E-state index in [0.717, 1.165) is 4.88 Å². The summed E-state index contributed by atoms with van der Waals surface area (Å²) in [6.45, 7) is 1.94. The second kappa shape index (κ2) is 7.98. The average Bonchev–Trinajstić information content (AvgIpc) is 2.94. The van der Waals surface area contributed by atoms with E-state index in [-0.39, 0.29) is 22.9 Å². The van der Waals surface area contributed by atoms with Gasteiger partial charge in [-0.05, 0) is 25.1 Å². The fraction of sp³-hybridized carbons (Fsp3) is 0.214. The van der Waals surface area contributed by atoms with Crippen LogP contribution in [0.15, 0.2) is 41.4 Å². The Labute approximate surface area is 140 Å². The van der Waals surface area contributed by atoms with E-state index in [1.807, 2.05) is 6.92 Å². The number of alkyl halides is 2. The third-order valence-electron chi connectivity index (χ3n) is 2.72. The highest BCUT2D eigenvalue weighted by Gasteiger charge is 2.12. The minimum Gasteiger partial charge on any atom is -0.463 e. The number of ether oxygens (including phenoxy) is 1. The lowest BCUT2D eigenvalue weighted by molar-refractivity contribution is 0.151. The predicted octanol–water partition coefficient (Wildman–Crippen LogP) is 5.41. The molecule has 9 heteroatoms. The molecule has 23 heavy (non-hydrogen) atoms. The lowest BCUT2D eigenvalue weighted by Gasteiger charge is -2.08. The normalized spacial score (nSPS) is 11.6. The zero-order valence-electron chi connectivity index (χ0n) is 12.0. The van der Waals surface area contributed by atoms with Crippen LogP contribution in [0.3, 0.4) is 0 Å². The topological polar surface area (TPSA) is 70.4 Å². The number of halogens is 3. The van der Waals surface area contributed by atoms with Gasteiger partial charge in [0.2, 0.25) is 0 Å². The quantitative estimate of drug-likeness (QED) is 0.650. The standard InChI is InChI=1S/C14H13ClF2N4OS/c1-8-5-20-14(23-8)22-7-10(21-18)6-19-9-2-3-12(15)11(4-9)13(16)17/h2-6,13,18-19H,7H2,1H3/b10-6-,21-18?. The van der Waals surface area contributed by atoms with Gasteiger partial charge in [-0.3, -0.25) is 0 Å². The van der Waals surface area contributed by atoms with Gasteiger partial charge in [0.15, 0.2) is 0 Å². The van der Waals surface area contributed by atoms with Crippen molar-refractivity contribution in [3.63, 3.8) is 0 Å². The maximum Gasteiger partial charge on any atom is 0.273 e. The van der Waals surface area contributed by atoms with Gasteiger partial charge in [-0.1, -0.05) is 22.9 Å². The Morgan fingerprint density at radius 3 is 2.96 bits per heavy atom. The van der Waals surface area contributed by atoms with Gasteiger partial charge in [-0.2, -0.15) is 5.11 Å². The number of anilines is 1. The van der Waals surface area contributed by atoms with Crippen molar-refractivity contribution in [1.29, 1.82) is 5.53 Å². The maximum atomic E-state index is 12.8. The molecule has 0 atom stereocenters. The third-order valence-corrected chi connectivity index (χ3v) is 3.89. The van der Waals surface area contributed by atoms with E-state index in [9.17, 15) is 8.78 Å². The zero-order valence-corrected chi connectivity index (χ0v) is 13.6. The number of thiazole rings is 1. The highest BCUT2D eigenvalue weighted by Crippen LogP contribution is 2.29. The monoisotopic (exact) mass is 358 g/mol. The summed E-state index contributed by atoms with van der Waals surface area (Å²) in [7, 11) is 0. The van der Waals surface area contributed by atoms with Crippen molar-refractivity contribution in [1.82, 2.24) is 4.98 Å². The Hall–Kier alpha value is -2.06. The fourth-order valence-corrected chi connectivity index (χ4v) is 2.41. The van der Waals surface area contributed by atoms with Gasteiger partial charge >= 0.3 is 0 Å². The molecule has 2 aromatic rings. The third kappa shape index (κ3) is 4.97. The number of nitrogens with zero attached hydrogens (tertiary/aromatic N) is 2. The SMILES string of the molecule is Cc1cnc(OC/C(=C/Nc2ccc(Cl)c(C(F)F)c2)N=N)s1. The molecule has 0 amide bonds. The van der Waals surface area contributed by atoms with E-state index < -0.39 is 6.43 Å². The Kier molecular flexibility index (Phi) is 6.00. The molecule has 122 valence electrons. The lowest BCUT2D eigenvalue weighted by Crippen LogP contribution is -2.01. The van der Waals surface area contributed by atoms with Crippen molar-refractivity contribution in [3.05, 3.63) is 51.8 Å². The summed E-state index contributed by atoms with van der Waals surface area (Å²) in [5.74, 6) is 0. The van der Waals surface area contributed by atoms with Crippen LogP contribution in [0.1, 0.15) is 16.9 Å². The molecular formula is C14H13ClF2N4OS. The second-order valence-corrected chi connectivity index (χ2v) is 6.06. The summed E-state index contributed by atoms with van der Waals surface area (Å²) < 4.78 is 31.0. The van der Waals surface area contributed by atoms with E-state index in [4.69, 9.17) is 21.9 Å². The number of rotatable bonds is 7. The number of aryl methyl sites for hydroxylation is 1. The van der Waals surface area contributed by atoms with Gasteiger partial charge in [-0.25, -0.2) is 19.3 Å². The molecule has 0 fully saturated rings. The van der Waals surface area contributed by atoms with Crippen LogP contribution in [0, 0.1) is 12.5 Å². The molecule has 0 radical (unpaired) electrons. The summed E-state index contributed by atoms with van der Waals surface area (Å²) in [5, 5.41) is 6.60. The highest BCUT2D eigenvalue weighted by molar-refractivity contribution is 7.13. The van der Waals surface area contributed by atoms with E-state index in [1.54, 1.807) is 12.3 Å². The Balaban J connectivity index is 2.01. The molecule has 1 heterocycles. The van der Waals surface area contributed by atoms with Gasteiger partial charge in [0.25, 0.3) is 11.6 Å². The molecule has 1 aromatic carbocycles. The van der Waals surface area contributed by atoms with Crippen molar-refractivity contribution >= 4 is 28.6 Å². The molecule has 0 aliphatic heterocycles. The van der Waals surface area contributed by atoms with Crippen molar-refractivity contribution in [2.75, 3.05) is 11.9 Å². The van der Waals surface area contributed by atoms with Crippen molar-refractivity contribution in [2.45, 2.75) is 13.3 Å². The zero-order chi connectivity index (χ0) is 16.8. The fourth-order valence-electron chi connectivity index (χ4n) is 1.61. The molecular weight excluding hydrogens is 346 g/mol. The van der Waals surface area contributed by atoms with Crippen molar-refractivity contribution in [3.8, 4) is 5.19 Å². The van der Waals surface area contributed by atoms with Crippen LogP contribution in [0.4, 0.5) is 14.5 Å². The van der Waals surface area contributed by atoms with Crippen LogP contribution >= 0.6 is 22.9 Å². The van der Waals surface area contributed by atoms with E-state index in [2.05, 4.69) is 15.4 Å². The smallest absolute Gasteiger partial charge is 0.273 e. The minimum atomic E-state index is -2.66. The number of benzene rings is 1. The first-order valence-electron chi connectivity index (χ1n) is 6.45. The second-order valence-electron chi connectivity index (χ2n) is 4.45. The van der Waals surface area contributed by atoms with Gasteiger partial charge in [0.05, 0.1) is 0 Å². The van der Waals surface area contributed by atoms with Gasteiger partial charge in [-0.15, -0.1) is 0 Å². The summed E-state index contributed by atoms with van der Waals surface area (Å²) in [5.41, 5.74) is 7.56. The van der Waals surface area contributed by atoms with E-state index in [0.29, 0.717) is 10.9 Å². The first-order valence-corrected chi connectivity index (χ1v) is 7.65. The summed E-state index contributed by atoms with van der Waals surface area (Å²) >= 11 is 7.08. The average molecular weight is 359 g/mol. The van der Waals surface area contributed by atoms with Crippen LogP contribution in [0.5, 0.6) is 5.19 Å². The molecule has 0 spiro atoms. The summed E-state index contributed by atoms with van der Waals surface area (Å²) in [4.78, 5) is 5.04. The number of hydrogen-bond acceptors (Lipinski definition) is 6. The number of hydrogen-bond donors (Lipinski definition) is 2. The first kappa shape index (κ1) is 17.3. The van der Waals surface area contributed by atoms with E-state index >= 15 is 0 Å². The largest absolute Gasteiger partial charge is 0.463 e. The summed E-state index contributed by atoms with van der Waals surface area (Å²) in [6.07, 6.45) is 0.426.